The summed E-state index contributed by atoms with van der Waals surface area (Å²) in [5.41, 5.74) is -4.26. The zero-order valence-electron chi connectivity index (χ0n) is 16.4. The molecule has 12 heteroatoms. The van der Waals surface area contributed by atoms with Crippen LogP contribution in [-0.4, -0.2) is 35.3 Å². The highest BCUT2D eigenvalue weighted by atomic mass is 32.2. The Kier molecular flexibility index (Phi) is 5.86. The molecule has 0 fully saturated rings. The molecule has 0 spiro atoms. The van der Waals surface area contributed by atoms with Crippen molar-refractivity contribution >= 4 is 22.7 Å². The molecule has 0 unspecified atom stereocenters. The molecule has 170 valence electrons. The van der Waals surface area contributed by atoms with Gasteiger partial charge in [0, 0.05) is 35.0 Å². The van der Waals surface area contributed by atoms with Crippen molar-refractivity contribution in [2.45, 2.75) is 23.7 Å². The Balaban J connectivity index is 2.12. The fourth-order valence-corrected chi connectivity index (χ4v) is 4.89. The Morgan fingerprint density at radius 2 is 1.97 bits per heavy atom. The number of rotatable bonds is 4. The van der Waals surface area contributed by atoms with Crippen molar-refractivity contribution in [3.63, 3.8) is 0 Å². The van der Waals surface area contributed by atoms with Gasteiger partial charge in [-0.2, -0.15) is 13.2 Å². The highest BCUT2D eigenvalue weighted by Gasteiger charge is 2.38. The van der Waals surface area contributed by atoms with Gasteiger partial charge in [0.2, 0.25) is 0 Å². The van der Waals surface area contributed by atoms with Gasteiger partial charge < -0.3 is 9.47 Å². The zero-order valence-corrected chi connectivity index (χ0v) is 17.2. The Bertz CT molecular complexity index is 1320. The first kappa shape index (κ1) is 22.5. The molecule has 0 amide bonds. The van der Waals surface area contributed by atoms with Crippen LogP contribution in [0, 0.1) is 11.6 Å². The van der Waals surface area contributed by atoms with E-state index in [0.29, 0.717) is 12.1 Å². The minimum Gasteiger partial charge on any atom is -0.359 e. The number of ether oxygens (including phenoxy) is 2. The van der Waals surface area contributed by atoms with Crippen LogP contribution in [-0.2, 0) is 22.2 Å². The second kappa shape index (κ2) is 8.34. The van der Waals surface area contributed by atoms with Crippen LogP contribution < -0.4 is 11.2 Å². The van der Waals surface area contributed by atoms with Crippen LogP contribution in [0.3, 0.4) is 0 Å². The average Bonchev–Trinajstić information content (AvgIpc) is 2.90. The number of methoxy groups -OCH3 is 1. The quantitative estimate of drug-likeness (QED) is 0.461. The summed E-state index contributed by atoms with van der Waals surface area (Å²) < 4.78 is 81.7. The van der Waals surface area contributed by atoms with Crippen LogP contribution in [0.1, 0.15) is 5.56 Å². The SMILES string of the molecule is COCO[C@@H]1CSc2c(-c3ccc(F)cc3F)c(C(F)(F)F)cc3c(=O)[nH]c(=O)n(c23)C1. The lowest BCUT2D eigenvalue weighted by atomic mass is 9.96. The fourth-order valence-electron chi connectivity index (χ4n) is 3.62. The van der Waals surface area contributed by atoms with Crippen molar-refractivity contribution in [2.75, 3.05) is 19.7 Å². The Hall–Kier alpha value is -2.70. The van der Waals surface area contributed by atoms with Gasteiger partial charge in [0.25, 0.3) is 5.56 Å². The predicted octanol–water partition coefficient (Wildman–Crippen LogP) is 3.75. The molecule has 1 N–H and O–H groups in total. The molecule has 0 saturated heterocycles. The van der Waals surface area contributed by atoms with Gasteiger partial charge in [-0.25, -0.2) is 13.6 Å². The van der Waals surface area contributed by atoms with E-state index >= 15 is 0 Å². The van der Waals surface area contributed by atoms with E-state index in [2.05, 4.69) is 0 Å². The molecule has 1 aliphatic heterocycles. The van der Waals surface area contributed by atoms with E-state index in [4.69, 9.17) is 9.47 Å². The van der Waals surface area contributed by atoms with Crippen molar-refractivity contribution in [3.05, 3.63) is 62.3 Å². The number of benzene rings is 2. The van der Waals surface area contributed by atoms with Crippen molar-refractivity contribution in [2.24, 2.45) is 0 Å². The van der Waals surface area contributed by atoms with Crippen molar-refractivity contribution in [1.29, 1.82) is 0 Å². The third kappa shape index (κ3) is 3.93. The molecule has 0 bridgehead atoms. The maximum atomic E-state index is 14.6. The molecule has 0 radical (unpaired) electrons. The monoisotopic (exact) mass is 474 g/mol. The van der Waals surface area contributed by atoms with Crippen LogP contribution in [0.4, 0.5) is 22.0 Å². The smallest absolute Gasteiger partial charge is 0.359 e. The molecule has 0 saturated carbocycles. The van der Waals surface area contributed by atoms with Crippen molar-refractivity contribution in [3.8, 4) is 11.1 Å². The summed E-state index contributed by atoms with van der Waals surface area (Å²) in [6.45, 7) is -0.206. The molecule has 1 atom stereocenters. The van der Waals surface area contributed by atoms with Gasteiger partial charge in [-0.15, -0.1) is 11.8 Å². The van der Waals surface area contributed by atoms with Gasteiger partial charge >= 0.3 is 11.9 Å². The van der Waals surface area contributed by atoms with Crippen LogP contribution in [0.2, 0.25) is 0 Å². The molecular formula is C20H15F5N2O4S. The average molecular weight is 474 g/mol. The number of hydrogen-bond acceptors (Lipinski definition) is 5. The topological polar surface area (TPSA) is 73.3 Å². The summed E-state index contributed by atoms with van der Waals surface area (Å²) in [4.78, 5) is 26.9. The van der Waals surface area contributed by atoms with Crippen LogP contribution in [0.5, 0.6) is 0 Å². The maximum absolute atomic E-state index is 14.6. The second-order valence-electron chi connectivity index (χ2n) is 7.02. The van der Waals surface area contributed by atoms with E-state index in [1.165, 1.54) is 7.11 Å². The van der Waals surface area contributed by atoms with E-state index in [1.54, 1.807) is 0 Å². The van der Waals surface area contributed by atoms with Gasteiger partial charge in [-0.1, -0.05) is 0 Å². The van der Waals surface area contributed by atoms with Crippen molar-refractivity contribution in [1.82, 2.24) is 9.55 Å². The van der Waals surface area contributed by atoms with Crippen LogP contribution >= 0.6 is 11.8 Å². The summed E-state index contributed by atoms with van der Waals surface area (Å²) in [6.07, 6.45) is -5.62. The van der Waals surface area contributed by atoms with E-state index in [-0.39, 0.29) is 34.9 Å². The molecule has 32 heavy (non-hydrogen) atoms. The van der Waals surface area contributed by atoms with Crippen molar-refractivity contribution < 1.29 is 31.4 Å². The van der Waals surface area contributed by atoms with E-state index in [1.807, 2.05) is 4.98 Å². The minimum absolute atomic E-state index is 0.0704. The lowest BCUT2D eigenvalue weighted by Gasteiger charge is -2.20. The molecule has 2 aromatic carbocycles. The summed E-state index contributed by atoms with van der Waals surface area (Å²) in [5, 5.41) is -0.377. The van der Waals surface area contributed by atoms with Gasteiger partial charge in [0.05, 0.1) is 29.1 Å². The first-order chi connectivity index (χ1) is 15.1. The number of alkyl halides is 3. The number of H-pyrrole nitrogens is 1. The third-order valence-corrected chi connectivity index (χ3v) is 6.19. The van der Waals surface area contributed by atoms with Gasteiger partial charge in [-0.05, 0) is 18.2 Å². The summed E-state index contributed by atoms with van der Waals surface area (Å²) >= 11 is 0.889. The predicted molar refractivity (Wildman–Crippen MR) is 107 cm³/mol. The highest BCUT2D eigenvalue weighted by Crippen LogP contribution is 2.47. The minimum atomic E-state index is -4.97. The molecule has 4 rings (SSSR count). The van der Waals surface area contributed by atoms with Crippen LogP contribution in [0.25, 0.3) is 22.0 Å². The Labute approximate surface area is 181 Å². The number of nitrogens with zero attached hydrogens (tertiary/aromatic N) is 1. The van der Waals surface area contributed by atoms with Gasteiger partial charge in [-0.3, -0.25) is 14.3 Å². The highest BCUT2D eigenvalue weighted by molar-refractivity contribution is 7.99. The van der Waals surface area contributed by atoms with Crippen LogP contribution in [0.15, 0.2) is 38.8 Å². The molecule has 2 heterocycles. The first-order valence-electron chi connectivity index (χ1n) is 9.21. The largest absolute Gasteiger partial charge is 0.417 e. The van der Waals surface area contributed by atoms with E-state index in [0.717, 1.165) is 28.5 Å². The number of hydrogen-bond donors (Lipinski definition) is 1. The molecule has 1 aromatic heterocycles. The third-order valence-electron chi connectivity index (χ3n) is 4.96. The Morgan fingerprint density at radius 3 is 2.62 bits per heavy atom. The van der Waals surface area contributed by atoms with Gasteiger partial charge in [0.15, 0.2) is 0 Å². The number of aromatic amines is 1. The molecular weight excluding hydrogens is 459 g/mol. The van der Waals surface area contributed by atoms with Gasteiger partial charge in [0.1, 0.15) is 18.4 Å². The normalized spacial score (nSPS) is 16.4. The first-order valence-corrected chi connectivity index (χ1v) is 10.2. The number of thioether (sulfide) groups is 1. The summed E-state index contributed by atoms with van der Waals surface area (Å²) in [5.74, 6) is -2.08. The fraction of sp³-hybridized carbons (Fsp3) is 0.300. The lowest BCUT2D eigenvalue weighted by molar-refractivity contribution is -0.137. The number of halogens is 5. The molecule has 1 aliphatic rings. The van der Waals surface area contributed by atoms with E-state index < -0.39 is 51.9 Å². The summed E-state index contributed by atoms with van der Waals surface area (Å²) in [6, 6.07) is 2.80. The van der Waals surface area contributed by atoms with E-state index in [9.17, 15) is 31.5 Å². The lowest BCUT2D eigenvalue weighted by Crippen LogP contribution is -2.34. The molecule has 0 aliphatic carbocycles. The maximum Gasteiger partial charge on any atom is 0.417 e. The summed E-state index contributed by atoms with van der Waals surface area (Å²) in [7, 11) is 1.38. The Morgan fingerprint density at radius 1 is 1.22 bits per heavy atom. The molecule has 6 nitrogen and oxygen atoms in total. The number of aromatic nitrogens is 2. The second-order valence-corrected chi connectivity index (χ2v) is 8.05. The number of nitrogens with one attached hydrogen (secondary N) is 1. The standard InChI is InChI=1S/C20H15F5N2O4S/c1-30-8-31-10-6-27-16-12(18(28)26-19(27)29)5-13(20(23,24)25)15(17(16)32-7-10)11-3-2-9(21)4-14(11)22/h2-5,10H,6-8H2,1H3,(H,26,28,29)/t10-/m0/s1. The zero-order chi connectivity index (χ0) is 23.2. The molecule has 3 aromatic rings.